The first-order valence-electron chi connectivity index (χ1n) is 9.52. The lowest BCUT2D eigenvalue weighted by Gasteiger charge is -2.24. The number of ether oxygens (including phenoxy) is 2. The number of nitrogens with zero attached hydrogens (tertiary/aromatic N) is 1. The summed E-state index contributed by atoms with van der Waals surface area (Å²) >= 11 is 0. The van der Waals surface area contributed by atoms with Crippen LogP contribution in [0.15, 0.2) is 42.5 Å². The molecule has 3 rings (SSSR count). The Labute approximate surface area is 171 Å². The van der Waals surface area contributed by atoms with Crippen LogP contribution in [0, 0.1) is 6.92 Å². The zero-order valence-electron chi connectivity index (χ0n) is 16.7. The van der Waals surface area contributed by atoms with Crippen molar-refractivity contribution in [1.82, 2.24) is 5.32 Å². The molecule has 0 bridgehead atoms. The van der Waals surface area contributed by atoms with Crippen LogP contribution >= 0.6 is 0 Å². The fourth-order valence-electron chi connectivity index (χ4n) is 3.05. The van der Waals surface area contributed by atoms with Crippen LogP contribution in [0.5, 0.6) is 11.5 Å². The lowest BCUT2D eigenvalue weighted by atomic mass is 10.1. The van der Waals surface area contributed by atoms with E-state index in [0.717, 1.165) is 23.4 Å². The van der Waals surface area contributed by atoms with Crippen molar-refractivity contribution >= 4 is 21.6 Å². The lowest BCUT2D eigenvalue weighted by molar-refractivity contribution is -0.119. The van der Waals surface area contributed by atoms with E-state index in [9.17, 15) is 13.2 Å². The number of aryl methyl sites for hydroxylation is 2. The van der Waals surface area contributed by atoms with E-state index in [0.29, 0.717) is 36.9 Å². The second kappa shape index (κ2) is 9.17. The van der Waals surface area contributed by atoms with E-state index in [1.54, 1.807) is 18.2 Å². The largest absolute Gasteiger partial charge is 0.486 e. The zero-order chi connectivity index (χ0) is 20.9. The molecule has 0 saturated carbocycles. The number of fused-ring (bicyclic) bond motifs is 1. The summed E-state index contributed by atoms with van der Waals surface area (Å²) in [4.78, 5) is 12.3. The van der Waals surface area contributed by atoms with Gasteiger partial charge in [-0.3, -0.25) is 9.10 Å². The summed E-state index contributed by atoms with van der Waals surface area (Å²) in [6.07, 6.45) is 2.70. The van der Waals surface area contributed by atoms with E-state index >= 15 is 0 Å². The van der Waals surface area contributed by atoms with E-state index in [4.69, 9.17) is 9.47 Å². The fraction of sp³-hybridized carbons (Fsp3) is 0.381. The number of hydrogen-bond donors (Lipinski definition) is 1. The second-order valence-corrected chi connectivity index (χ2v) is 8.94. The molecular weight excluding hydrogens is 392 g/mol. The molecule has 8 heteroatoms. The molecule has 0 saturated heterocycles. The summed E-state index contributed by atoms with van der Waals surface area (Å²) in [6, 6.07) is 13.1. The van der Waals surface area contributed by atoms with Gasteiger partial charge in [0.05, 0.1) is 11.9 Å². The van der Waals surface area contributed by atoms with Gasteiger partial charge in [0.1, 0.15) is 19.8 Å². The number of sulfonamides is 1. The molecule has 0 radical (unpaired) electrons. The molecule has 0 aliphatic carbocycles. The number of carbonyl (C=O) groups is 1. The molecule has 1 N–H and O–H groups in total. The van der Waals surface area contributed by atoms with Gasteiger partial charge in [0.2, 0.25) is 15.9 Å². The van der Waals surface area contributed by atoms with Crippen molar-refractivity contribution in [3.8, 4) is 11.5 Å². The van der Waals surface area contributed by atoms with Crippen LogP contribution in [0.4, 0.5) is 5.69 Å². The van der Waals surface area contributed by atoms with Crippen molar-refractivity contribution in [3.05, 3.63) is 53.6 Å². The van der Waals surface area contributed by atoms with Gasteiger partial charge in [0.25, 0.3) is 0 Å². The molecule has 2 aromatic carbocycles. The first-order valence-corrected chi connectivity index (χ1v) is 11.4. The van der Waals surface area contributed by atoms with E-state index in [1.807, 2.05) is 6.92 Å². The minimum Gasteiger partial charge on any atom is -0.486 e. The van der Waals surface area contributed by atoms with Gasteiger partial charge in [0, 0.05) is 12.6 Å². The third-order valence-electron chi connectivity index (χ3n) is 4.59. The highest BCUT2D eigenvalue weighted by molar-refractivity contribution is 7.92. The van der Waals surface area contributed by atoms with Crippen molar-refractivity contribution in [2.75, 3.05) is 36.9 Å². The topological polar surface area (TPSA) is 84.9 Å². The molecule has 1 heterocycles. The van der Waals surface area contributed by atoms with Crippen molar-refractivity contribution in [2.24, 2.45) is 0 Å². The van der Waals surface area contributed by atoms with E-state index in [1.165, 1.54) is 11.1 Å². The number of carbonyl (C=O) groups excluding carboxylic acids is 1. The van der Waals surface area contributed by atoms with Crippen LogP contribution in [0.1, 0.15) is 17.5 Å². The maximum absolute atomic E-state index is 12.3. The van der Waals surface area contributed by atoms with Crippen LogP contribution in [-0.4, -0.2) is 46.9 Å². The average molecular weight is 419 g/mol. The van der Waals surface area contributed by atoms with Crippen molar-refractivity contribution < 1.29 is 22.7 Å². The molecule has 0 atom stereocenters. The van der Waals surface area contributed by atoms with Gasteiger partial charge in [-0.2, -0.15) is 0 Å². The summed E-state index contributed by atoms with van der Waals surface area (Å²) < 4.78 is 36.5. The van der Waals surface area contributed by atoms with Crippen molar-refractivity contribution in [1.29, 1.82) is 0 Å². The van der Waals surface area contributed by atoms with Gasteiger partial charge < -0.3 is 14.8 Å². The molecule has 1 aliphatic rings. The summed E-state index contributed by atoms with van der Waals surface area (Å²) in [5, 5.41) is 2.80. The third-order valence-corrected chi connectivity index (χ3v) is 5.73. The Morgan fingerprint density at radius 2 is 1.76 bits per heavy atom. The summed E-state index contributed by atoms with van der Waals surface area (Å²) in [7, 11) is -3.64. The molecule has 1 amide bonds. The number of benzene rings is 2. The number of rotatable bonds is 8. The number of hydrogen-bond acceptors (Lipinski definition) is 5. The zero-order valence-corrected chi connectivity index (χ0v) is 17.5. The predicted molar refractivity (Wildman–Crippen MR) is 112 cm³/mol. The molecule has 0 unspecified atom stereocenters. The van der Waals surface area contributed by atoms with Gasteiger partial charge >= 0.3 is 0 Å². The van der Waals surface area contributed by atoms with Gasteiger partial charge in [0.15, 0.2) is 11.5 Å². The fourth-order valence-corrected chi connectivity index (χ4v) is 3.90. The number of anilines is 1. The quantitative estimate of drug-likeness (QED) is 0.665. The van der Waals surface area contributed by atoms with Crippen LogP contribution in [0.25, 0.3) is 0 Å². The Bertz CT molecular complexity index is 958. The summed E-state index contributed by atoms with van der Waals surface area (Å²) in [6.45, 7) is 3.08. The Balaban J connectivity index is 1.57. The van der Waals surface area contributed by atoms with Crippen LogP contribution in [0.2, 0.25) is 0 Å². The highest BCUT2D eigenvalue weighted by Gasteiger charge is 2.23. The minimum atomic E-state index is -3.64. The Morgan fingerprint density at radius 3 is 2.45 bits per heavy atom. The van der Waals surface area contributed by atoms with Crippen molar-refractivity contribution in [2.45, 2.75) is 19.8 Å². The average Bonchev–Trinajstić information content (AvgIpc) is 2.69. The Kier molecular flexibility index (Phi) is 6.64. The molecule has 0 aromatic heterocycles. The first-order chi connectivity index (χ1) is 13.8. The monoisotopic (exact) mass is 418 g/mol. The Hall–Kier alpha value is -2.74. The smallest absolute Gasteiger partial charge is 0.240 e. The molecule has 2 aromatic rings. The number of nitrogens with one attached hydrogen (secondary N) is 1. The van der Waals surface area contributed by atoms with Crippen molar-refractivity contribution in [3.63, 3.8) is 0 Å². The molecule has 1 aliphatic heterocycles. The highest BCUT2D eigenvalue weighted by Crippen LogP contribution is 2.34. The predicted octanol–water partition coefficient (Wildman–Crippen LogP) is 2.28. The lowest BCUT2D eigenvalue weighted by Crippen LogP contribution is -2.40. The number of amides is 1. The molecule has 0 spiro atoms. The molecular formula is C21H26N2O5S. The Morgan fingerprint density at radius 1 is 1.07 bits per heavy atom. The summed E-state index contributed by atoms with van der Waals surface area (Å²) in [5.41, 5.74) is 2.78. The highest BCUT2D eigenvalue weighted by atomic mass is 32.2. The van der Waals surface area contributed by atoms with Gasteiger partial charge in [-0.25, -0.2) is 8.42 Å². The SMILES string of the molecule is Cc1ccc(CCCNC(=O)CN(c2ccc3c(c2)OCCO3)S(C)(=O)=O)cc1. The van der Waals surface area contributed by atoms with E-state index in [2.05, 4.69) is 29.6 Å². The minimum absolute atomic E-state index is 0.289. The molecule has 29 heavy (non-hydrogen) atoms. The second-order valence-electron chi connectivity index (χ2n) is 7.04. The van der Waals surface area contributed by atoms with Gasteiger partial charge in [-0.15, -0.1) is 0 Å². The first kappa shape index (κ1) is 21.0. The third kappa shape index (κ3) is 5.87. The van der Waals surface area contributed by atoms with Gasteiger partial charge in [-0.1, -0.05) is 29.8 Å². The standard InChI is InChI=1S/C21H26N2O5S/c1-16-5-7-17(8-6-16)4-3-11-22-21(24)15-23(29(2,25)26)18-9-10-19-20(14-18)28-13-12-27-19/h5-10,14H,3-4,11-13,15H2,1-2H3,(H,22,24). The van der Waals surface area contributed by atoms with Crippen LogP contribution < -0.4 is 19.1 Å². The maximum atomic E-state index is 12.3. The molecule has 0 fully saturated rings. The molecule has 7 nitrogen and oxygen atoms in total. The van der Waals surface area contributed by atoms with E-state index in [-0.39, 0.29) is 12.5 Å². The summed E-state index contributed by atoms with van der Waals surface area (Å²) in [5.74, 6) is 0.684. The van der Waals surface area contributed by atoms with Crippen LogP contribution in [0.3, 0.4) is 0 Å². The van der Waals surface area contributed by atoms with Gasteiger partial charge in [-0.05, 0) is 37.5 Å². The van der Waals surface area contributed by atoms with E-state index < -0.39 is 10.0 Å². The molecule has 156 valence electrons. The normalized spacial score (nSPS) is 13.0. The van der Waals surface area contributed by atoms with Crippen LogP contribution in [-0.2, 0) is 21.2 Å². The maximum Gasteiger partial charge on any atom is 0.240 e.